The van der Waals surface area contributed by atoms with Gasteiger partial charge in [0.05, 0.1) is 0 Å². The lowest BCUT2D eigenvalue weighted by Gasteiger charge is -2.18. The average molecular weight is 430 g/mol. The van der Waals surface area contributed by atoms with Crippen LogP contribution in [0, 0.1) is 0 Å². The summed E-state index contributed by atoms with van der Waals surface area (Å²) in [6.45, 7) is 0.0573. The first kappa shape index (κ1) is 21.0. The first-order chi connectivity index (χ1) is 15.5. The number of aromatic amines is 1. The number of esters is 1. The van der Waals surface area contributed by atoms with Gasteiger partial charge in [-0.3, -0.25) is 4.79 Å². The highest BCUT2D eigenvalue weighted by molar-refractivity contribution is 6.01. The van der Waals surface area contributed by atoms with Gasteiger partial charge in [0.2, 0.25) is 0 Å². The summed E-state index contributed by atoms with van der Waals surface area (Å²) in [4.78, 5) is 28.9. The highest BCUT2D eigenvalue weighted by atomic mass is 16.5. The first-order valence-corrected chi connectivity index (χ1v) is 10.1. The molecule has 4 aromatic rings. The molecule has 0 saturated carbocycles. The van der Waals surface area contributed by atoms with Crippen LogP contribution in [-0.2, 0) is 22.6 Å². The summed E-state index contributed by atoms with van der Waals surface area (Å²) in [7, 11) is 0. The van der Waals surface area contributed by atoms with Gasteiger partial charge in [-0.1, -0.05) is 54.6 Å². The van der Waals surface area contributed by atoms with Gasteiger partial charge in [0.15, 0.2) is 0 Å². The number of rotatable bonds is 7. The van der Waals surface area contributed by atoms with E-state index in [4.69, 9.17) is 4.74 Å². The van der Waals surface area contributed by atoms with Gasteiger partial charge in [-0.05, 0) is 29.3 Å². The third kappa shape index (κ3) is 4.57. The molecule has 4 rings (SSSR count). The second kappa shape index (κ2) is 9.26. The fourth-order valence-electron chi connectivity index (χ4n) is 3.53. The molecule has 162 valence electrons. The zero-order chi connectivity index (χ0) is 22.5. The number of carbonyl (C=O) groups excluding carboxylic acids is 2. The molecule has 0 aliphatic heterocycles. The third-order valence-corrected chi connectivity index (χ3v) is 5.16. The number of phenols is 2. The van der Waals surface area contributed by atoms with E-state index in [-0.39, 0.29) is 30.1 Å². The Hall–Kier alpha value is -4.26. The number of para-hydroxylation sites is 1. The number of H-pyrrole nitrogens is 1. The summed E-state index contributed by atoms with van der Waals surface area (Å²) in [5.41, 5.74) is 2.25. The normalized spacial score (nSPS) is 11.8. The van der Waals surface area contributed by atoms with Crippen molar-refractivity contribution in [2.24, 2.45) is 0 Å². The molecule has 3 aromatic carbocycles. The molecule has 7 nitrogen and oxygen atoms in total. The number of nitrogens with one attached hydrogen (secondary N) is 2. The van der Waals surface area contributed by atoms with E-state index in [1.807, 2.05) is 54.6 Å². The molecule has 1 atom stereocenters. The maximum Gasteiger partial charge on any atom is 0.329 e. The van der Waals surface area contributed by atoms with Crippen molar-refractivity contribution in [2.45, 2.75) is 19.1 Å². The summed E-state index contributed by atoms with van der Waals surface area (Å²) >= 11 is 0. The minimum Gasteiger partial charge on any atom is -0.507 e. The van der Waals surface area contributed by atoms with Gasteiger partial charge in [-0.25, -0.2) is 4.79 Å². The highest BCUT2D eigenvalue weighted by Gasteiger charge is 2.27. The molecular weight excluding hydrogens is 408 g/mol. The number of hydrogen-bond donors (Lipinski definition) is 4. The van der Waals surface area contributed by atoms with Gasteiger partial charge in [0, 0.05) is 23.5 Å². The molecule has 0 spiro atoms. The summed E-state index contributed by atoms with van der Waals surface area (Å²) in [5.74, 6) is -2.17. The number of benzene rings is 3. The SMILES string of the molecule is O=C(N[C@@H](Cc1c[nH]c2ccccc12)C(=O)OCc1ccccc1)c1c(O)cccc1O. The van der Waals surface area contributed by atoms with E-state index >= 15 is 0 Å². The molecule has 1 amide bonds. The quantitative estimate of drug-likeness (QED) is 0.334. The lowest BCUT2D eigenvalue weighted by Crippen LogP contribution is -2.43. The van der Waals surface area contributed by atoms with Gasteiger partial charge in [-0.15, -0.1) is 0 Å². The van der Waals surface area contributed by atoms with Crippen molar-refractivity contribution >= 4 is 22.8 Å². The molecule has 0 saturated heterocycles. The monoisotopic (exact) mass is 430 g/mol. The van der Waals surface area contributed by atoms with Crippen LogP contribution in [0.5, 0.6) is 11.5 Å². The number of aromatic nitrogens is 1. The number of hydrogen-bond acceptors (Lipinski definition) is 5. The van der Waals surface area contributed by atoms with E-state index in [0.717, 1.165) is 22.0 Å². The van der Waals surface area contributed by atoms with E-state index in [1.165, 1.54) is 18.2 Å². The maximum absolute atomic E-state index is 12.9. The minimum atomic E-state index is -1.04. The molecule has 0 bridgehead atoms. The van der Waals surface area contributed by atoms with Crippen molar-refractivity contribution in [1.82, 2.24) is 10.3 Å². The molecule has 0 fully saturated rings. The van der Waals surface area contributed by atoms with Gasteiger partial charge >= 0.3 is 5.97 Å². The Morgan fingerprint density at radius 3 is 2.34 bits per heavy atom. The second-order valence-electron chi connectivity index (χ2n) is 7.35. The molecule has 1 aromatic heterocycles. The maximum atomic E-state index is 12.9. The Bertz CT molecular complexity index is 1230. The van der Waals surface area contributed by atoms with Crippen molar-refractivity contribution in [1.29, 1.82) is 0 Å². The molecule has 32 heavy (non-hydrogen) atoms. The molecule has 0 aliphatic carbocycles. The predicted octanol–water partition coefficient (Wildman–Crippen LogP) is 3.66. The smallest absolute Gasteiger partial charge is 0.329 e. The molecular formula is C25H22N2O5. The van der Waals surface area contributed by atoms with E-state index in [0.29, 0.717) is 0 Å². The van der Waals surface area contributed by atoms with Gasteiger partial charge < -0.3 is 25.3 Å². The van der Waals surface area contributed by atoms with Crippen LogP contribution in [-0.4, -0.2) is 33.1 Å². The molecule has 0 aliphatic rings. The fourth-order valence-corrected chi connectivity index (χ4v) is 3.53. The largest absolute Gasteiger partial charge is 0.507 e. The van der Waals surface area contributed by atoms with E-state index in [1.54, 1.807) is 6.20 Å². The van der Waals surface area contributed by atoms with Crippen molar-refractivity contribution in [2.75, 3.05) is 0 Å². The van der Waals surface area contributed by atoms with E-state index in [2.05, 4.69) is 10.3 Å². The highest BCUT2D eigenvalue weighted by Crippen LogP contribution is 2.26. The Labute approximate surface area is 184 Å². The summed E-state index contributed by atoms with van der Waals surface area (Å²) in [6, 6.07) is 19.8. The Kier molecular flexibility index (Phi) is 6.07. The van der Waals surface area contributed by atoms with Gasteiger partial charge in [-0.2, -0.15) is 0 Å². The second-order valence-corrected chi connectivity index (χ2v) is 7.35. The number of ether oxygens (including phenoxy) is 1. The van der Waals surface area contributed by atoms with E-state index < -0.39 is 17.9 Å². The molecule has 0 radical (unpaired) electrons. The lowest BCUT2D eigenvalue weighted by atomic mass is 10.0. The Morgan fingerprint density at radius 1 is 0.906 bits per heavy atom. The zero-order valence-electron chi connectivity index (χ0n) is 17.1. The Morgan fingerprint density at radius 2 is 1.59 bits per heavy atom. The minimum absolute atomic E-state index is 0.0573. The van der Waals surface area contributed by atoms with Crippen LogP contribution in [0.4, 0.5) is 0 Å². The number of fused-ring (bicyclic) bond motifs is 1. The Balaban J connectivity index is 1.58. The van der Waals surface area contributed by atoms with Crippen LogP contribution in [0.3, 0.4) is 0 Å². The lowest BCUT2D eigenvalue weighted by molar-refractivity contribution is -0.147. The molecule has 0 unspecified atom stereocenters. The van der Waals surface area contributed by atoms with Crippen molar-refractivity contribution in [3.05, 3.63) is 95.7 Å². The summed E-state index contributed by atoms with van der Waals surface area (Å²) in [5, 5.41) is 23.6. The predicted molar refractivity (Wildman–Crippen MR) is 119 cm³/mol. The molecule has 4 N–H and O–H groups in total. The van der Waals surface area contributed by atoms with Crippen molar-refractivity contribution in [3.8, 4) is 11.5 Å². The number of phenolic OH excluding ortho intramolecular Hbond substituents is 2. The number of amides is 1. The number of carbonyl (C=O) groups is 2. The van der Waals surface area contributed by atoms with Crippen LogP contribution in [0.2, 0.25) is 0 Å². The van der Waals surface area contributed by atoms with Gasteiger partial charge in [0.25, 0.3) is 5.91 Å². The fraction of sp³-hybridized carbons (Fsp3) is 0.120. The van der Waals surface area contributed by atoms with Crippen LogP contribution in [0.15, 0.2) is 79.0 Å². The van der Waals surface area contributed by atoms with Crippen LogP contribution >= 0.6 is 0 Å². The first-order valence-electron chi connectivity index (χ1n) is 10.1. The van der Waals surface area contributed by atoms with Crippen molar-refractivity contribution in [3.63, 3.8) is 0 Å². The van der Waals surface area contributed by atoms with Gasteiger partial charge in [0.1, 0.15) is 29.7 Å². The number of aromatic hydroxyl groups is 2. The van der Waals surface area contributed by atoms with E-state index in [9.17, 15) is 19.8 Å². The summed E-state index contributed by atoms with van der Waals surface area (Å²) < 4.78 is 5.46. The molecule has 1 heterocycles. The average Bonchev–Trinajstić information content (AvgIpc) is 3.20. The van der Waals surface area contributed by atoms with Crippen LogP contribution < -0.4 is 5.32 Å². The van der Waals surface area contributed by atoms with Crippen LogP contribution in [0.1, 0.15) is 21.5 Å². The van der Waals surface area contributed by atoms with Crippen molar-refractivity contribution < 1.29 is 24.5 Å². The third-order valence-electron chi connectivity index (χ3n) is 5.16. The topological polar surface area (TPSA) is 112 Å². The molecule has 7 heteroatoms. The summed E-state index contributed by atoms with van der Waals surface area (Å²) in [6.07, 6.45) is 1.95. The zero-order valence-corrected chi connectivity index (χ0v) is 17.1. The standard InChI is InChI=1S/C25H22N2O5/c28-21-11-6-12-22(29)23(21)24(30)27-20(25(31)32-15-16-7-2-1-3-8-16)13-17-14-26-19-10-5-4-9-18(17)19/h1-12,14,20,26,28-29H,13,15H2,(H,27,30)/t20-/m0/s1. The van der Waals surface area contributed by atoms with Crippen LogP contribution in [0.25, 0.3) is 10.9 Å².